The van der Waals surface area contributed by atoms with Gasteiger partial charge in [-0.2, -0.15) is 0 Å². The molecule has 0 aliphatic rings. The van der Waals surface area contributed by atoms with Gasteiger partial charge in [-0.05, 0) is 47.4 Å². The van der Waals surface area contributed by atoms with Gasteiger partial charge in [0.1, 0.15) is 5.75 Å². The van der Waals surface area contributed by atoms with Gasteiger partial charge in [0.2, 0.25) is 5.91 Å². The minimum atomic E-state index is -0.576. The Labute approximate surface area is 246 Å². The van der Waals surface area contributed by atoms with Crippen LogP contribution in [0.2, 0.25) is 0 Å². The Morgan fingerprint density at radius 3 is 2.24 bits per heavy atom. The number of carbonyl (C=O) groups is 4. The number of nitrogens with zero attached hydrogens (tertiary/aromatic N) is 2. The first-order valence-corrected chi connectivity index (χ1v) is 13.5. The zero-order valence-corrected chi connectivity index (χ0v) is 24.7. The zero-order valence-electron chi connectivity index (χ0n) is 24.7. The largest absolute Gasteiger partial charge is 0.482 e. The SMILES string of the molecule is COC(=O)Cc1cccc(NC(=O)NCC(=O)N(CC(C)(C)C)c2ccccc2OCC(=O)N(C)c2ccccc2)c1. The first-order valence-electron chi connectivity index (χ1n) is 13.5. The summed E-state index contributed by atoms with van der Waals surface area (Å²) in [7, 11) is 2.99. The number of para-hydroxylation sites is 3. The van der Waals surface area contributed by atoms with Crippen LogP contribution in [0.5, 0.6) is 5.75 Å². The monoisotopic (exact) mass is 574 g/mol. The number of hydrogen-bond acceptors (Lipinski definition) is 6. The van der Waals surface area contributed by atoms with Crippen molar-refractivity contribution in [2.75, 3.05) is 49.0 Å². The highest BCUT2D eigenvalue weighted by molar-refractivity contribution is 6.00. The summed E-state index contributed by atoms with van der Waals surface area (Å²) < 4.78 is 10.6. The van der Waals surface area contributed by atoms with Crippen molar-refractivity contribution in [1.29, 1.82) is 0 Å². The summed E-state index contributed by atoms with van der Waals surface area (Å²) in [6.45, 7) is 5.82. The molecule has 0 atom stereocenters. The second-order valence-corrected chi connectivity index (χ2v) is 10.8. The summed E-state index contributed by atoms with van der Waals surface area (Å²) in [6, 6.07) is 22.5. The summed E-state index contributed by atoms with van der Waals surface area (Å²) >= 11 is 0. The number of rotatable bonds is 11. The van der Waals surface area contributed by atoms with E-state index in [0.29, 0.717) is 29.2 Å². The fourth-order valence-electron chi connectivity index (χ4n) is 4.04. The number of benzene rings is 3. The third-order valence-electron chi connectivity index (χ3n) is 6.12. The number of likely N-dealkylation sites (N-methyl/N-ethyl adjacent to an activating group) is 1. The third-order valence-corrected chi connectivity index (χ3v) is 6.12. The Hall–Kier alpha value is -4.86. The fourth-order valence-corrected chi connectivity index (χ4v) is 4.04. The molecule has 222 valence electrons. The Morgan fingerprint density at radius 1 is 0.857 bits per heavy atom. The molecular formula is C32H38N4O6. The summed E-state index contributed by atoms with van der Waals surface area (Å²) in [5.74, 6) is -0.628. The molecule has 2 N–H and O–H groups in total. The molecule has 3 rings (SSSR count). The van der Waals surface area contributed by atoms with E-state index in [1.807, 2.05) is 51.1 Å². The number of hydrogen-bond donors (Lipinski definition) is 2. The number of methoxy groups -OCH3 is 1. The van der Waals surface area contributed by atoms with Crippen LogP contribution in [-0.4, -0.2) is 57.7 Å². The number of esters is 1. The van der Waals surface area contributed by atoms with Crippen LogP contribution in [0.25, 0.3) is 0 Å². The summed E-state index contributed by atoms with van der Waals surface area (Å²) in [4.78, 5) is 53.5. The highest BCUT2D eigenvalue weighted by atomic mass is 16.5. The van der Waals surface area contributed by atoms with Crippen LogP contribution in [-0.2, 0) is 25.5 Å². The number of nitrogens with one attached hydrogen (secondary N) is 2. The molecular weight excluding hydrogens is 536 g/mol. The molecule has 0 aliphatic carbocycles. The van der Waals surface area contributed by atoms with Crippen molar-refractivity contribution >= 4 is 40.9 Å². The van der Waals surface area contributed by atoms with Gasteiger partial charge < -0.3 is 29.9 Å². The molecule has 0 bridgehead atoms. The van der Waals surface area contributed by atoms with Crippen LogP contribution >= 0.6 is 0 Å². The minimum absolute atomic E-state index is 0.0729. The van der Waals surface area contributed by atoms with E-state index in [4.69, 9.17) is 4.74 Å². The molecule has 0 unspecified atom stereocenters. The molecule has 42 heavy (non-hydrogen) atoms. The molecule has 10 heteroatoms. The Kier molecular flexibility index (Phi) is 11.1. The topological polar surface area (TPSA) is 117 Å². The van der Waals surface area contributed by atoms with Crippen LogP contribution < -0.4 is 25.2 Å². The summed E-state index contributed by atoms with van der Waals surface area (Å²) in [6.07, 6.45) is 0.0729. The number of amides is 4. The first-order chi connectivity index (χ1) is 20.0. The molecule has 4 amide bonds. The van der Waals surface area contributed by atoms with Gasteiger partial charge in [-0.15, -0.1) is 0 Å². The zero-order chi connectivity index (χ0) is 30.7. The quantitative estimate of drug-likeness (QED) is 0.322. The highest BCUT2D eigenvalue weighted by Crippen LogP contribution is 2.31. The molecule has 0 aromatic heterocycles. The van der Waals surface area contributed by atoms with Crippen molar-refractivity contribution < 1.29 is 28.7 Å². The van der Waals surface area contributed by atoms with Crippen LogP contribution in [0, 0.1) is 5.41 Å². The number of urea groups is 1. The van der Waals surface area contributed by atoms with Gasteiger partial charge in [-0.25, -0.2) is 4.79 Å². The van der Waals surface area contributed by atoms with Crippen molar-refractivity contribution in [2.24, 2.45) is 5.41 Å². The fraction of sp³-hybridized carbons (Fsp3) is 0.312. The standard InChI is InChI=1S/C32H38N4O6/c1-32(2,3)22-36(28(37)20-33-31(40)34-24-13-11-12-23(18-24)19-30(39)41-5)26-16-9-10-17-27(26)42-21-29(38)35(4)25-14-7-6-8-15-25/h6-18H,19-22H2,1-5H3,(H2,33,34,40). The number of ether oxygens (including phenoxy) is 2. The van der Waals surface area contributed by atoms with Crippen molar-refractivity contribution in [1.82, 2.24) is 5.32 Å². The van der Waals surface area contributed by atoms with Crippen LogP contribution in [0.1, 0.15) is 26.3 Å². The molecule has 0 aliphatic heterocycles. The lowest BCUT2D eigenvalue weighted by Gasteiger charge is -2.31. The number of anilines is 3. The second-order valence-electron chi connectivity index (χ2n) is 10.8. The van der Waals surface area contributed by atoms with E-state index in [0.717, 1.165) is 5.69 Å². The minimum Gasteiger partial charge on any atom is -0.482 e. The Balaban J connectivity index is 1.69. The van der Waals surface area contributed by atoms with Gasteiger partial charge >= 0.3 is 12.0 Å². The first kappa shape index (κ1) is 31.7. The van der Waals surface area contributed by atoms with Crippen LogP contribution in [0.15, 0.2) is 78.9 Å². The molecule has 3 aromatic rings. The average molecular weight is 575 g/mol. The number of carbonyl (C=O) groups excluding carboxylic acids is 4. The van der Waals surface area contributed by atoms with E-state index in [-0.39, 0.29) is 36.8 Å². The molecule has 3 aromatic carbocycles. The van der Waals surface area contributed by atoms with Gasteiger partial charge in [0, 0.05) is 25.0 Å². The maximum atomic E-state index is 13.5. The lowest BCUT2D eigenvalue weighted by atomic mass is 9.95. The third kappa shape index (κ3) is 9.65. The van der Waals surface area contributed by atoms with Gasteiger partial charge in [0.05, 0.1) is 25.8 Å². The van der Waals surface area contributed by atoms with Gasteiger partial charge in [0.25, 0.3) is 5.91 Å². The van der Waals surface area contributed by atoms with E-state index < -0.39 is 12.0 Å². The maximum Gasteiger partial charge on any atom is 0.319 e. The van der Waals surface area contributed by atoms with Gasteiger partial charge in [0.15, 0.2) is 6.61 Å². The van der Waals surface area contributed by atoms with Crippen molar-refractivity contribution in [2.45, 2.75) is 27.2 Å². The van der Waals surface area contributed by atoms with Crippen molar-refractivity contribution in [3.05, 3.63) is 84.4 Å². The van der Waals surface area contributed by atoms with E-state index in [2.05, 4.69) is 15.4 Å². The lowest BCUT2D eigenvalue weighted by Crippen LogP contribution is -2.45. The smallest absolute Gasteiger partial charge is 0.319 e. The van der Waals surface area contributed by atoms with Crippen molar-refractivity contribution in [3.63, 3.8) is 0 Å². The predicted molar refractivity (Wildman–Crippen MR) is 163 cm³/mol. The highest BCUT2D eigenvalue weighted by Gasteiger charge is 2.26. The molecule has 0 saturated heterocycles. The molecule has 0 saturated carbocycles. The van der Waals surface area contributed by atoms with Gasteiger partial charge in [-0.3, -0.25) is 14.4 Å². The normalized spacial score (nSPS) is 10.8. The molecule has 0 spiro atoms. The summed E-state index contributed by atoms with van der Waals surface area (Å²) in [5, 5.41) is 5.29. The van der Waals surface area contributed by atoms with E-state index >= 15 is 0 Å². The second kappa shape index (κ2) is 14.7. The van der Waals surface area contributed by atoms with E-state index in [9.17, 15) is 19.2 Å². The van der Waals surface area contributed by atoms with Crippen molar-refractivity contribution in [3.8, 4) is 5.75 Å². The van der Waals surface area contributed by atoms with Gasteiger partial charge in [-0.1, -0.05) is 63.2 Å². The van der Waals surface area contributed by atoms with E-state index in [1.165, 1.54) is 12.0 Å². The molecule has 0 heterocycles. The lowest BCUT2D eigenvalue weighted by molar-refractivity contribution is -0.139. The van der Waals surface area contributed by atoms with E-state index in [1.54, 1.807) is 60.5 Å². The summed E-state index contributed by atoms with van der Waals surface area (Å²) in [5.41, 5.74) is 2.09. The Morgan fingerprint density at radius 2 is 1.55 bits per heavy atom. The maximum absolute atomic E-state index is 13.5. The predicted octanol–water partition coefficient (Wildman–Crippen LogP) is 4.64. The molecule has 0 radical (unpaired) electrons. The van der Waals surface area contributed by atoms with Crippen LogP contribution in [0.4, 0.5) is 21.9 Å². The average Bonchev–Trinajstić information content (AvgIpc) is 2.97. The van der Waals surface area contributed by atoms with Crippen LogP contribution in [0.3, 0.4) is 0 Å². The molecule has 0 fully saturated rings. The molecule has 10 nitrogen and oxygen atoms in total. The Bertz CT molecular complexity index is 1390.